The van der Waals surface area contributed by atoms with Crippen LogP contribution in [0.15, 0.2) is 30.3 Å². The van der Waals surface area contributed by atoms with Gasteiger partial charge in [-0.15, -0.1) is 5.10 Å². The fourth-order valence-corrected chi connectivity index (χ4v) is 2.56. The Morgan fingerprint density at radius 2 is 1.75 bits per heavy atom. The Morgan fingerprint density at radius 3 is 2.25 bits per heavy atom. The van der Waals surface area contributed by atoms with Crippen molar-refractivity contribution in [2.75, 3.05) is 0 Å². The minimum absolute atomic E-state index is 0.0754. The molecule has 0 saturated heterocycles. The Hall–Kier alpha value is -1.77. The summed E-state index contributed by atoms with van der Waals surface area (Å²) in [7, 11) is 0. The van der Waals surface area contributed by atoms with Crippen molar-refractivity contribution in [3.05, 3.63) is 36.0 Å². The number of hydrogen-bond donors (Lipinski definition) is 1. The number of aromatic hydroxyl groups is 1. The Labute approximate surface area is 121 Å². The molecule has 0 atom stereocenters. The van der Waals surface area contributed by atoms with Crippen LogP contribution < -0.4 is 0 Å². The fraction of sp³-hybridized carbons (Fsp3) is 0.471. The van der Waals surface area contributed by atoms with Crippen LogP contribution in [0, 0.1) is 5.92 Å². The van der Waals surface area contributed by atoms with E-state index < -0.39 is 0 Å². The molecule has 0 aliphatic heterocycles. The van der Waals surface area contributed by atoms with Gasteiger partial charge in [0.1, 0.15) is 0 Å². The summed E-state index contributed by atoms with van der Waals surface area (Å²) in [4.78, 5) is 0. The van der Waals surface area contributed by atoms with E-state index >= 15 is 0 Å². The monoisotopic (exact) mass is 272 g/mol. The van der Waals surface area contributed by atoms with E-state index in [0.29, 0.717) is 5.92 Å². The van der Waals surface area contributed by atoms with Gasteiger partial charge in [0.15, 0.2) is 0 Å². The second kappa shape index (κ2) is 5.31. The van der Waals surface area contributed by atoms with Crippen LogP contribution in [0.4, 0.5) is 0 Å². The third kappa shape index (κ3) is 2.87. The lowest BCUT2D eigenvalue weighted by atomic mass is 9.87. The lowest BCUT2D eigenvalue weighted by Gasteiger charge is -2.23. The summed E-state index contributed by atoms with van der Waals surface area (Å²) in [6.45, 7) is 11.6. The Kier molecular flexibility index (Phi) is 3.89. The highest BCUT2D eigenvalue weighted by atomic mass is 16.3. The number of rotatable bonds is 3. The van der Waals surface area contributed by atoms with Crippen molar-refractivity contribution < 1.29 is 5.11 Å². The average molecular weight is 272 g/mol. The minimum Gasteiger partial charge on any atom is -0.492 e. The highest BCUT2D eigenvalue weighted by Gasteiger charge is 2.28. The van der Waals surface area contributed by atoms with E-state index in [9.17, 15) is 5.11 Å². The van der Waals surface area contributed by atoms with Gasteiger partial charge >= 0.3 is 0 Å². The summed E-state index contributed by atoms with van der Waals surface area (Å²) in [5.41, 5.74) is 2.90. The molecule has 1 aromatic carbocycles. The van der Waals surface area contributed by atoms with Gasteiger partial charge in [-0.05, 0) is 11.5 Å². The zero-order chi connectivity index (χ0) is 14.9. The molecule has 108 valence electrons. The van der Waals surface area contributed by atoms with Crippen molar-refractivity contribution in [1.82, 2.24) is 9.78 Å². The highest BCUT2D eigenvalue weighted by Crippen LogP contribution is 2.39. The maximum absolute atomic E-state index is 10.3. The van der Waals surface area contributed by atoms with Crippen LogP contribution in [0.3, 0.4) is 0 Å². The Morgan fingerprint density at radius 1 is 1.15 bits per heavy atom. The molecule has 2 rings (SSSR count). The van der Waals surface area contributed by atoms with E-state index in [-0.39, 0.29) is 11.3 Å². The molecule has 20 heavy (non-hydrogen) atoms. The molecule has 0 aliphatic carbocycles. The first-order valence-electron chi connectivity index (χ1n) is 7.16. The van der Waals surface area contributed by atoms with Gasteiger partial charge < -0.3 is 5.11 Å². The smallest absolute Gasteiger partial charge is 0.238 e. The van der Waals surface area contributed by atoms with Crippen molar-refractivity contribution in [3.63, 3.8) is 0 Å². The second-order valence-corrected chi connectivity index (χ2v) is 6.74. The predicted molar refractivity (Wildman–Crippen MR) is 82.9 cm³/mol. The van der Waals surface area contributed by atoms with Gasteiger partial charge in [-0.1, -0.05) is 65.0 Å². The van der Waals surface area contributed by atoms with Crippen molar-refractivity contribution in [2.45, 2.75) is 46.6 Å². The molecular weight excluding hydrogens is 248 g/mol. The van der Waals surface area contributed by atoms with Gasteiger partial charge in [-0.3, -0.25) is 4.68 Å². The predicted octanol–water partition coefficient (Wildman–Crippen LogP) is 4.21. The van der Waals surface area contributed by atoms with Crippen molar-refractivity contribution in [2.24, 2.45) is 5.92 Å². The summed E-state index contributed by atoms with van der Waals surface area (Å²) >= 11 is 0. The second-order valence-electron chi connectivity index (χ2n) is 6.74. The molecule has 0 unspecified atom stereocenters. The maximum Gasteiger partial charge on any atom is 0.238 e. The van der Waals surface area contributed by atoms with Gasteiger partial charge in [-0.25, -0.2) is 0 Å². The Balaban J connectivity index is 2.65. The van der Waals surface area contributed by atoms with Gasteiger partial charge in [0, 0.05) is 12.0 Å². The highest BCUT2D eigenvalue weighted by molar-refractivity contribution is 5.72. The maximum atomic E-state index is 10.3. The third-order valence-electron chi connectivity index (χ3n) is 3.24. The summed E-state index contributed by atoms with van der Waals surface area (Å²) in [6, 6.07) is 10.00. The molecule has 3 heteroatoms. The fourth-order valence-electron chi connectivity index (χ4n) is 2.56. The first-order valence-corrected chi connectivity index (χ1v) is 7.16. The number of hydrogen-bond acceptors (Lipinski definition) is 2. The summed E-state index contributed by atoms with van der Waals surface area (Å²) in [6.07, 6.45) is 0. The van der Waals surface area contributed by atoms with Crippen molar-refractivity contribution in [1.29, 1.82) is 0 Å². The first kappa shape index (κ1) is 14.6. The van der Waals surface area contributed by atoms with E-state index in [4.69, 9.17) is 0 Å². The summed E-state index contributed by atoms with van der Waals surface area (Å²) in [5, 5.41) is 14.7. The zero-order valence-electron chi connectivity index (χ0n) is 13.0. The SMILES string of the molecule is CC(C)Cn1nc(O)c(-c2ccccc2)c1C(C)(C)C. The largest absolute Gasteiger partial charge is 0.492 e. The van der Waals surface area contributed by atoms with E-state index in [0.717, 1.165) is 23.4 Å². The Bertz CT molecular complexity index is 577. The molecule has 1 N–H and O–H groups in total. The molecule has 0 spiro atoms. The summed E-state index contributed by atoms with van der Waals surface area (Å²) in [5.74, 6) is 0.612. The van der Waals surface area contributed by atoms with E-state index in [2.05, 4.69) is 39.7 Å². The van der Waals surface area contributed by atoms with Crippen LogP contribution in [-0.2, 0) is 12.0 Å². The molecule has 1 heterocycles. The third-order valence-corrected chi connectivity index (χ3v) is 3.24. The molecule has 3 nitrogen and oxygen atoms in total. The van der Waals surface area contributed by atoms with Crippen LogP contribution in [0.1, 0.15) is 40.3 Å². The van der Waals surface area contributed by atoms with E-state index in [1.807, 2.05) is 35.0 Å². The first-order chi connectivity index (χ1) is 9.30. The molecule has 0 aliphatic rings. The van der Waals surface area contributed by atoms with Crippen LogP contribution in [-0.4, -0.2) is 14.9 Å². The minimum atomic E-state index is -0.0754. The molecule has 0 bridgehead atoms. The van der Waals surface area contributed by atoms with Gasteiger partial charge in [0.25, 0.3) is 0 Å². The molecule has 0 radical (unpaired) electrons. The van der Waals surface area contributed by atoms with Gasteiger partial charge in [0.05, 0.1) is 11.3 Å². The molecule has 0 amide bonds. The van der Waals surface area contributed by atoms with E-state index in [1.165, 1.54) is 0 Å². The molecular formula is C17H24N2O. The van der Waals surface area contributed by atoms with Crippen molar-refractivity contribution in [3.8, 4) is 17.0 Å². The normalized spacial score (nSPS) is 12.1. The number of nitrogens with zero attached hydrogens (tertiary/aromatic N) is 2. The molecule has 2 aromatic rings. The molecule has 0 fully saturated rings. The standard InChI is InChI=1S/C17H24N2O/c1-12(2)11-19-15(17(3,4)5)14(16(20)18-19)13-9-7-6-8-10-13/h6-10,12H,11H2,1-5H3,(H,18,20). The van der Waals surface area contributed by atoms with Crippen LogP contribution in [0.25, 0.3) is 11.1 Å². The lowest BCUT2D eigenvalue weighted by molar-refractivity contribution is 0.403. The van der Waals surface area contributed by atoms with Gasteiger partial charge in [0.2, 0.25) is 5.88 Å². The lowest BCUT2D eigenvalue weighted by Crippen LogP contribution is -2.21. The van der Waals surface area contributed by atoms with Crippen LogP contribution in [0.2, 0.25) is 0 Å². The average Bonchev–Trinajstić information content (AvgIpc) is 2.65. The zero-order valence-corrected chi connectivity index (χ0v) is 13.0. The quantitative estimate of drug-likeness (QED) is 0.909. The van der Waals surface area contributed by atoms with Crippen LogP contribution in [0.5, 0.6) is 5.88 Å². The molecule has 0 saturated carbocycles. The number of benzene rings is 1. The van der Waals surface area contributed by atoms with Crippen LogP contribution >= 0.6 is 0 Å². The van der Waals surface area contributed by atoms with E-state index in [1.54, 1.807) is 0 Å². The summed E-state index contributed by atoms with van der Waals surface area (Å²) < 4.78 is 1.96. The molecule has 1 aromatic heterocycles. The van der Waals surface area contributed by atoms with Crippen molar-refractivity contribution >= 4 is 0 Å². The van der Waals surface area contributed by atoms with Gasteiger partial charge in [-0.2, -0.15) is 0 Å². The topological polar surface area (TPSA) is 38.0 Å². The number of aromatic nitrogens is 2.